The molecule has 0 spiro atoms. The van der Waals surface area contributed by atoms with Crippen LogP contribution in [0.4, 0.5) is 0 Å². The molecule has 0 fully saturated rings. The molecule has 0 aliphatic heterocycles. The Kier molecular flexibility index (Phi) is 5.33. The third-order valence-electron chi connectivity index (χ3n) is 2.57. The van der Waals surface area contributed by atoms with Gasteiger partial charge in [0.15, 0.2) is 0 Å². The maximum absolute atomic E-state index is 5.31. The van der Waals surface area contributed by atoms with Crippen LogP contribution in [0, 0.1) is 0 Å². The molecule has 0 heterocycles. The molecule has 2 nitrogen and oxygen atoms in total. The Morgan fingerprint density at radius 1 is 1.19 bits per heavy atom. The SMILES string of the molecule is CC(C)N.COc1cccc2c1CCCC2. The molecule has 1 aliphatic carbocycles. The van der Waals surface area contributed by atoms with Crippen molar-refractivity contribution >= 4 is 0 Å². The van der Waals surface area contributed by atoms with Gasteiger partial charge < -0.3 is 10.5 Å². The highest BCUT2D eigenvalue weighted by Crippen LogP contribution is 2.28. The minimum atomic E-state index is 0.333. The number of benzene rings is 1. The van der Waals surface area contributed by atoms with Crippen molar-refractivity contribution in [3.8, 4) is 5.75 Å². The van der Waals surface area contributed by atoms with Gasteiger partial charge in [0.2, 0.25) is 0 Å². The molecule has 1 aromatic rings. The van der Waals surface area contributed by atoms with Crippen LogP contribution in [-0.4, -0.2) is 13.2 Å². The molecule has 0 saturated carbocycles. The lowest BCUT2D eigenvalue weighted by Gasteiger charge is -2.17. The van der Waals surface area contributed by atoms with Gasteiger partial charge in [0.25, 0.3) is 0 Å². The second-order valence-electron chi connectivity index (χ2n) is 4.55. The van der Waals surface area contributed by atoms with E-state index in [0.717, 1.165) is 5.75 Å². The molecule has 0 radical (unpaired) electrons. The number of nitrogens with two attached hydrogens (primary N) is 1. The van der Waals surface area contributed by atoms with E-state index in [0.29, 0.717) is 6.04 Å². The van der Waals surface area contributed by atoms with Crippen LogP contribution in [0.1, 0.15) is 37.8 Å². The van der Waals surface area contributed by atoms with Crippen molar-refractivity contribution in [2.75, 3.05) is 7.11 Å². The summed E-state index contributed by atoms with van der Waals surface area (Å²) in [5.41, 5.74) is 8.03. The number of fused-ring (bicyclic) bond motifs is 1. The van der Waals surface area contributed by atoms with Crippen LogP contribution in [0.2, 0.25) is 0 Å². The van der Waals surface area contributed by atoms with Crippen LogP contribution in [-0.2, 0) is 12.8 Å². The molecule has 2 N–H and O–H groups in total. The zero-order chi connectivity index (χ0) is 12.0. The molecular weight excluding hydrogens is 198 g/mol. The van der Waals surface area contributed by atoms with Crippen molar-refractivity contribution in [1.82, 2.24) is 0 Å². The highest BCUT2D eigenvalue weighted by atomic mass is 16.5. The standard InChI is InChI=1S/C11H14O.C3H9N/c1-12-11-8-4-6-9-5-2-3-7-10(9)11;1-3(2)4/h4,6,8H,2-3,5,7H2,1H3;3H,4H2,1-2H3. The zero-order valence-electron chi connectivity index (χ0n) is 10.6. The van der Waals surface area contributed by atoms with Gasteiger partial charge in [-0.05, 0) is 48.9 Å². The van der Waals surface area contributed by atoms with Gasteiger partial charge in [0.05, 0.1) is 7.11 Å². The van der Waals surface area contributed by atoms with Crippen molar-refractivity contribution in [3.05, 3.63) is 29.3 Å². The summed E-state index contributed by atoms with van der Waals surface area (Å²) in [6.07, 6.45) is 5.07. The van der Waals surface area contributed by atoms with Crippen LogP contribution < -0.4 is 10.5 Å². The first-order chi connectivity index (χ1) is 7.65. The smallest absolute Gasteiger partial charge is 0.122 e. The molecule has 1 aliphatic rings. The van der Waals surface area contributed by atoms with E-state index in [-0.39, 0.29) is 0 Å². The number of methoxy groups -OCH3 is 1. The molecule has 90 valence electrons. The van der Waals surface area contributed by atoms with E-state index in [9.17, 15) is 0 Å². The van der Waals surface area contributed by atoms with Crippen LogP contribution >= 0.6 is 0 Å². The van der Waals surface area contributed by atoms with Gasteiger partial charge in [0, 0.05) is 0 Å². The van der Waals surface area contributed by atoms with Crippen LogP contribution in [0.5, 0.6) is 5.75 Å². The summed E-state index contributed by atoms with van der Waals surface area (Å²) in [5, 5.41) is 0. The first-order valence-electron chi connectivity index (χ1n) is 6.05. The third kappa shape index (κ3) is 3.86. The predicted molar refractivity (Wildman–Crippen MR) is 69.0 cm³/mol. The number of hydrogen-bond donors (Lipinski definition) is 1. The van der Waals surface area contributed by atoms with Gasteiger partial charge >= 0.3 is 0 Å². The van der Waals surface area contributed by atoms with E-state index >= 15 is 0 Å². The van der Waals surface area contributed by atoms with Gasteiger partial charge in [-0.2, -0.15) is 0 Å². The lowest BCUT2D eigenvalue weighted by Crippen LogP contribution is -2.06. The van der Waals surface area contributed by atoms with Crippen LogP contribution in [0.25, 0.3) is 0 Å². The summed E-state index contributed by atoms with van der Waals surface area (Å²) in [6.45, 7) is 3.89. The first-order valence-corrected chi connectivity index (χ1v) is 6.05. The Labute approximate surface area is 98.8 Å². The van der Waals surface area contributed by atoms with Crippen LogP contribution in [0.3, 0.4) is 0 Å². The summed E-state index contributed by atoms with van der Waals surface area (Å²) < 4.78 is 5.31. The van der Waals surface area contributed by atoms with Gasteiger partial charge in [-0.3, -0.25) is 0 Å². The monoisotopic (exact) mass is 221 g/mol. The number of rotatable bonds is 1. The third-order valence-corrected chi connectivity index (χ3v) is 2.57. The lowest BCUT2D eigenvalue weighted by molar-refractivity contribution is 0.406. The molecule has 2 rings (SSSR count). The van der Waals surface area contributed by atoms with E-state index in [2.05, 4.69) is 18.2 Å². The molecule has 0 bridgehead atoms. The van der Waals surface area contributed by atoms with E-state index in [1.807, 2.05) is 13.8 Å². The minimum Gasteiger partial charge on any atom is -0.496 e. The summed E-state index contributed by atoms with van der Waals surface area (Å²) in [5.74, 6) is 1.08. The molecule has 0 aromatic heterocycles. The Bertz CT molecular complexity index is 304. The van der Waals surface area contributed by atoms with E-state index < -0.39 is 0 Å². The maximum atomic E-state index is 5.31. The minimum absolute atomic E-state index is 0.333. The normalized spacial score (nSPS) is 13.8. The first kappa shape index (κ1) is 13.0. The van der Waals surface area contributed by atoms with Gasteiger partial charge in [-0.25, -0.2) is 0 Å². The van der Waals surface area contributed by atoms with E-state index in [1.54, 1.807) is 7.11 Å². The fraction of sp³-hybridized carbons (Fsp3) is 0.571. The molecule has 16 heavy (non-hydrogen) atoms. The maximum Gasteiger partial charge on any atom is 0.122 e. The van der Waals surface area contributed by atoms with Crippen molar-refractivity contribution in [1.29, 1.82) is 0 Å². The Hall–Kier alpha value is -1.02. The fourth-order valence-electron chi connectivity index (χ4n) is 1.94. The Balaban J connectivity index is 0.000000280. The molecule has 0 amide bonds. The summed E-state index contributed by atoms with van der Waals surface area (Å²) in [6, 6.07) is 6.70. The lowest BCUT2D eigenvalue weighted by atomic mass is 9.91. The number of hydrogen-bond acceptors (Lipinski definition) is 2. The number of ether oxygens (including phenoxy) is 1. The molecule has 1 aromatic carbocycles. The molecule has 0 atom stereocenters. The molecule has 0 saturated heterocycles. The molecular formula is C14H23NO. The Morgan fingerprint density at radius 3 is 2.44 bits per heavy atom. The van der Waals surface area contributed by atoms with Crippen molar-refractivity contribution in [3.63, 3.8) is 0 Å². The second-order valence-corrected chi connectivity index (χ2v) is 4.55. The highest BCUT2D eigenvalue weighted by molar-refractivity contribution is 5.41. The fourth-order valence-corrected chi connectivity index (χ4v) is 1.94. The summed E-state index contributed by atoms with van der Waals surface area (Å²) in [7, 11) is 1.75. The largest absolute Gasteiger partial charge is 0.496 e. The zero-order valence-corrected chi connectivity index (χ0v) is 10.6. The molecule has 0 unspecified atom stereocenters. The predicted octanol–water partition coefficient (Wildman–Crippen LogP) is 2.93. The average molecular weight is 221 g/mol. The molecule has 2 heteroatoms. The van der Waals surface area contributed by atoms with E-state index in [4.69, 9.17) is 10.5 Å². The highest BCUT2D eigenvalue weighted by Gasteiger charge is 2.12. The van der Waals surface area contributed by atoms with Crippen molar-refractivity contribution < 1.29 is 4.74 Å². The average Bonchev–Trinajstić information content (AvgIpc) is 2.27. The van der Waals surface area contributed by atoms with Crippen LogP contribution in [0.15, 0.2) is 18.2 Å². The second kappa shape index (κ2) is 6.54. The van der Waals surface area contributed by atoms with Gasteiger partial charge in [-0.15, -0.1) is 0 Å². The van der Waals surface area contributed by atoms with Gasteiger partial charge in [-0.1, -0.05) is 26.0 Å². The van der Waals surface area contributed by atoms with Gasteiger partial charge in [0.1, 0.15) is 5.75 Å². The quantitative estimate of drug-likeness (QED) is 0.791. The van der Waals surface area contributed by atoms with E-state index in [1.165, 1.54) is 36.8 Å². The summed E-state index contributed by atoms with van der Waals surface area (Å²) in [4.78, 5) is 0. The Morgan fingerprint density at radius 2 is 1.81 bits per heavy atom. The topological polar surface area (TPSA) is 35.2 Å². The van der Waals surface area contributed by atoms with Crippen molar-refractivity contribution in [2.24, 2.45) is 5.73 Å². The number of aryl methyl sites for hydroxylation is 1. The van der Waals surface area contributed by atoms with Crippen molar-refractivity contribution in [2.45, 2.75) is 45.6 Å². The summed E-state index contributed by atoms with van der Waals surface area (Å²) >= 11 is 0.